The fourth-order valence-electron chi connectivity index (χ4n) is 0.975. The van der Waals surface area contributed by atoms with Crippen molar-refractivity contribution < 1.29 is 4.79 Å². The SMILES string of the molecule is CCC(C)NC(=O)Nc1ccnn1C. The van der Waals surface area contributed by atoms with Crippen molar-refractivity contribution in [2.24, 2.45) is 7.05 Å². The highest BCUT2D eigenvalue weighted by atomic mass is 16.2. The highest BCUT2D eigenvalue weighted by Gasteiger charge is 2.06. The molecule has 0 aliphatic carbocycles. The number of hydrogen-bond donors (Lipinski definition) is 2. The second-order valence-electron chi connectivity index (χ2n) is 3.25. The topological polar surface area (TPSA) is 59.0 Å². The van der Waals surface area contributed by atoms with Gasteiger partial charge >= 0.3 is 6.03 Å². The molecule has 0 aromatic carbocycles. The number of aromatic nitrogens is 2. The molecule has 0 fully saturated rings. The lowest BCUT2D eigenvalue weighted by molar-refractivity contribution is 0.248. The molecule has 78 valence electrons. The summed E-state index contributed by atoms with van der Waals surface area (Å²) in [6.45, 7) is 3.98. The van der Waals surface area contributed by atoms with Crippen LogP contribution in [0.2, 0.25) is 0 Å². The number of nitrogens with zero attached hydrogens (tertiary/aromatic N) is 2. The summed E-state index contributed by atoms with van der Waals surface area (Å²) < 4.78 is 1.61. The summed E-state index contributed by atoms with van der Waals surface area (Å²) in [5.41, 5.74) is 0. The number of hydrogen-bond acceptors (Lipinski definition) is 2. The Hall–Kier alpha value is -1.52. The summed E-state index contributed by atoms with van der Waals surface area (Å²) in [6, 6.07) is 1.74. The van der Waals surface area contributed by atoms with Gasteiger partial charge in [0.05, 0.1) is 6.20 Å². The molecule has 1 atom stereocenters. The number of amides is 2. The number of urea groups is 1. The van der Waals surface area contributed by atoms with Crippen LogP contribution in [0, 0.1) is 0 Å². The van der Waals surface area contributed by atoms with Gasteiger partial charge in [0.25, 0.3) is 0 Å². The second kappa shape index (κ2) is 4.64. The maximum Gasteiger partial charge on any atom is 0.320 e. The van der Waals surface area contributed by atoms with E-state index in [1.807, 2.05) is 13.8 Å². The predicted octanol–water partition coefficient (Wildman–Crippen LogP) is 1.34. The number of rotatable bonds is 3. The summed E-state index contributed by atoms with van der Waals surface area (Å²) in [5, 5.41) is 9.45. The Bertz CT molecular complexity index is 308. The molecule has 14 heavy (non-hydrogen) atoms. The maximum atomic E-state index is 11.4. The highest BCUT2D eigenvalue weighted by Crippen LogP contribution is 2.02. The van der Waals surface area contributed by atoms with Crippen LogP contribution in [-0.2, 0) is 7.05 Å². The van der Waals surface area contributed by atoms with Gasteiger partial charge in [-0.05, 0) is 13.3 Å². The molecule has 1 unspecified atom stereocenters. The fourth-order valence-corrected chi connectivity index (χ4v) is 0.975. The molecule has 0 saturated heterocycles. The van der Waals surface area contributed by atoms with Gasteiger partial charge < -0.3 is 5.32 Å². The number of carbonyl (C=O) groups excluding carboxylic acids is 1. The summed E-state index contributed by atoms with van der Waals surface area (Å²) in [6.07, 6.45) is 2.55. The first-order valence-electron chi connectivity index (χ1n) is 4.69. The van der Waals surface area contributed by atoms with Crippen LogP contribution in [0.5, 0.6) is 0 Å². The van der Waals surface area contributed by atoms with Crippen molar-refractivity contribution in [2.45, 2.75) is 26.3 Å². The molecule has 0 radical (unpaired) electrons. The van der Waals surface area contributed by atoms with Gasteiger partial charge in [-0.3, -0.25) is 10.00 Å². The van der Waals surface area contributed by atoms with Gasteiger partial charge in [0.1, 0.15) is 5.82 Å². The zero-order valence-corrected chi connectivity index (χ0v) is 8.74. The van der Waals surface area contributed by atoms with E-state index in [0.29, 0.717) is 5.82 Å². The van der Waals surface area contributed by atoms with Crippen molar-refractivity contribution in [2.75, 3.05) is 5.32 Å². The van der Waals surface area contributed by atoms with E-state index in [1.54, 1.807) is 24.0 Å². The van der Waals surface area contributed by atoms with Crippen LogP contribution in [0.1, 0.15) is 20.3 Å². The summed E-state index contributed by atoms with van der Waals surface area (Å²) in [7, 11) is 1.78. The third-order valence-electron chi connectivity index (χ3n) is 2.05. The molecular formula is C9H16N4O. The quantitative estimate of drug-likeness (QED) is 0.766. The van der Waals surface area contributed by atoms with Crippen LogP contribution < -0.4 is 10.6 Å². The minimum absolute atomic E-state index is 0.184. The maximum absolute atomic E-state index is 11.4. The molecule has 1 heterocycles. The lowest BCUT2D eigenvalue weighted by Crippen LogP contribution is -2.36. The summed E-state index contributed by atoms with van der Waals surface area (Å²) in [4.78, 5) is 11.4. The molecule has 2 N–H and O–H groups in total. The van der Waals surface area contributed by atoms with E-state index < -0.39 is 0 Å². The number of nitrogens with one attached hydrogen (secondary N) is 2. The second-order valence-corrected chi connectivity index (χ2v) is 3.25. The minimum Gasteiger partial charge on any atom is -0.335 e. The largest absolute Gasteiger partial charge is 0.335 e. The number of carbonyl (C=O) groups is 1. The van der Waals surface area contributed by atoms with E-state index in [-0.39, 0.29) is 12.1 Å². The summed E-state index contributed by atoms with van der Waals surface area (Å²) >= 11 is 0. The van der Waals surface area contributed by atoms with Crippen molar-refractivity contribution in [1.29, 1.82) is 0 Å². The molecule has 0 aliphatic rings. The lowest BCUT2D eigenvalue weighted by Gasteiger charge is -2.12. The molecule has 2 amide bonds. The number of aryl methyl sites for hydroxylation is 1. The Balaban J connectivity index is 2.45. The molecule has 1 aromatic rings. The Morgan fingerprint density at radius 3 is 2.93 bits per heavy atom. The highest BCUT2D eigenvalue weighted by molar-refractivity contribution is 5.88. The van der Waals surface area contributed by atoms with Crippen molar-refractivity contribution in [3.63, 3.8) is 0 Å². The van der Waals surface area contributed by atoms with Gasteiger partial charge in [-0.1, -0.05) is 6.92 Å². The molecule has 0 aliphatic heterocycles. The van der Waals surface area contributed by atoms with Crippen molar-refractivity contribution >= 4 is 11.8 Å². The third kappa shape index (κ3) is 2.76. The molecule has 1 rings (SSSR count). The van der Waals surface area contributed by atoms with Gasteiger partial charge in [-0.2, -0.15) is 5.10 Å². The van der Waals surface area contributed by atoms with Gasteiger partial charge in [-0.25, -0.2) is 4.79 Å². The first-order valence-corrected chi connectivity index (χ1v) is 4.69. The van der Waals surface area contributed by atoms with Crippen LogP contribution in [0.15, 0.2) is 12.3 Å². The molecule has 5 nitrogen and oxygen atoms in total. The van der Waals surface area contributed by atoms with E-state index in [0.717, 1.165) is 6.42 Å². The van der Waals surface area contributed by atoms with Crippen molar-refractivity contribution in [3.8, 4) is 0 Å². The van der Waals surface area contributed by atoms with Gasteiger partial charge in [0.2, 0.25) is 0 Å². The van der Waals surface area contributed by atoms with Crippen molar-refractivity contribution in [1.82, 2.24) is 15.1 Å². The van der Waals surface area contributed by atoms with E-state index in [1.165, 1.54) is 0 Å². The predicted molar refractivity (Wildman–Crippen MR) is 55.1 cm³/mol. The van der Waals surface area contributed by atoms with Crippen LogP contribution >= 0.6 is 0 Å². The molecule has 5 heteroatoms. The normalized spacial score (nSPS) is 12.2. The van der Waals surface area contributed by atoms with Crippen LogP contribution in [0.25, 0.3) is 0 Å². The minimum atomic E-state index is -0.192. The molecule has 0 spiro atoms. The average Bonchev–Trinajstić information content (AvgIpc) is 2.51. The van der Waals surface area contributed by atoms with Crippen LogP contribution in [0.4, 0.5) is 10.6 Å². The first kappa shape index (κ1) is 10.6. The summed E-state index contributed by atoms with van der Waals surface area (Å²) in [5.74, 6) is 0.686. The molecule has 0 bridgehead atoms. The standard InChI is InChI=1S/C9H16N4O/c1-4-7(2)11-9(14)12-8-5-6-10-13(8)3/h5-7H,4H2,1-3H3,(H2,11,12,14). The smallest absolute Gasteiger partial charge is 0.320 e. The molecule has 0 saturated carbocycles. The molecule has 1 aromatic heterocycles. The Labute approximate surface area is 83.5 Å². The monoisotopic (exact) mass is 196 g/mol. The third-order valence-corrected chi connectivity index (χ3v) is 2.05. The van der Waals surface area contributed by atoms with Crippen molar-refractivity contribution in [3.05, 3.63) is 12.3 Å². The van der Waals surface area contributed by atoms with E-state index in [9.17, 15) is 4.79 Å². The Kier molecular flexibility index (Phi) is 3.50. The zero-order valence-electron chi connectivity index (χ0n) is 8.74. The van der Waals surface area contributed by atoms with E-state index in [4.69, 9.17) is 0 Å². The lowest BCUT2D eigenvalue weighted by atomic mass is 10.3. The first-order chi connectivity index (χ1) is 6.63. The van der Waals surface area contributed by atoms with E-state index >= 15 is 0 Å². The Morgan fingerprint density at radius 1 is 1.71 bits per heavy atom. The van der Waals surface area contributed by atoms with Gasteiger partial charge in [0, 0.05) is 19.2 Å². The van der Waals surface area contributed by atoms with Crippen LogP contribution in [-0.4, -0.2) is 21.9 Å². The zero-order chi connectivity index (χ0) is 10.6. The van der Waals surface area contributed by atoms with E-state index in [2.05, 4.69) is 15.7 Å². The molecular weight excluding hydrogens is 180 g/mol. The van der Waals surface area contributed by atoms with Gasteiger partial charge in [-0.15, -0.1) is 0 Å². The number of anilines is 1. The van der Waals surface area contributed by atoms with Gasteiger partial charge in [0.15, 0.2) is 0 Å². The Morgan fingerprint density at radius 2 is 2.43 bits per heavy atom. The fraction of sp³-hybridized carbons (Fsp3) is 0.556. The van der Waals surface area contributed by atoms with Crippen LogP contribution in [0.3, 0.4) is 0 Å². The average molecular weight is 196 g/mol.